The highest BCUT2D eigenvalue weighted by molar-refractivity contribution is 7.47. The van der Waals surface area contributed by atoms with Gasteiger partial charge in [0.05, 0.1) is 0 Å². The molecule has 0 radical (unpaired) electrons. The second-order valence-electron chi connectivity index (χ2n) is 5.51. The molecule has 0 amide bonds. The molecule has 0 aliphatic carbocycles. The van der Waals surface area contributed by atoms with E-state index in [4.69, 9.17) is 4.89 Å². The standard InChI is InChI=1S/C13H29P.C2H7O4P/c1-4-7-10-13(14,11-8-5-2)12-9-6-3;1-5-7(3,4)6-2/h4-12,14H2,1-3H3;1-2H3,(H,3,4). The Hall–Kier alpha value is 0.540. The van der Waals surface area contributed by atoms with E-state index in [0.29, 0.717) is 5.16 Å². The SMILES string of the molecule is CCCCC(P)(CCCC)CCCC.COP(=O)(O)OC. The Morgan fingerprint density at radius 3 is 1.33 bits per heavy atom. The van der Waals surface area contributed by atoms with E-state index in [1.54, 1.807) is 0 Å². The lowest BCUT2D eigenvalue weighted by molar-refractivity contribution is 0.204. The largest absolute Gasteiger partial charge is 0.471 e. The number of unbranched alkanes of at least 4 members (excludes halogenated alkanes) is 3. The molecule has 0 aliphatic rings. The van der Waals surface area contributed by atoms with Gasteiger partial charge in [-0.2, -0.15) is 0 Å². The number of rotatable bonds is 11. The fraction of sp³-hybridized carbons (Fsp3) is 1.00. The maximum Gasteiger partial charge on any atom is 0.471 e. The molecule has 1 N–H and O–H groups in total. The van der Waals surface area contributed by atoms with Crippen molar-refractivity contribution in [2.75, 3.05) is 14.2 Å². The first kappa shape index (κ1) is 23.8. The summed E-state index contributed by atoms with van der Waals surface area (Å²) in [5.41, 5.74) is 0. The minimum atomic E-state index is -3.65. The fourth-order valence-electron chi connectivity index (χ4n) is 2.04. The molecule has 1 unspecified atom stereocenters. The molecule has 0 heterocycles. The van der Waals surface area contributed by atoms with Gasteiger partial charge in [-0.05, 0) is 24.4 Å². The molecule has 0 aromatic rings. The van der Waals surface area contributed by atoms with Crippen LogP contribution in [0.1, 0.15) is 78.6 Å². The van der Waals surface area contributed by atoms with Gasteiger partial charge in [-0.1, -0.05) is 59.3 Å². The summed E-state index contributed by atoms with van der Waals surface area (Å²) in [5.74, 6) is 0. The summed E-state index contributed by atoms with van der Waals surface area (Å²) in [6.45, 7) is 6.89. The van der Waals surface area contributed by atoms with Crippen molar-refractivity contribution >= 4 is 17.1 Å². The molecular formula is C15H36O4P2. The minimum absolute atomic E-state index is 0.571. The van der Waals surface area contributed by atoms with Crippen molar-refractivity contribution in [1.82, 2.24) is 0 Å². The Kier molecular flexibility index (Phi) is 16.0. The van der Waals surface area contributed by atoms with Crippen LogP contribution in [0, 0.1) is 0 Å². The molecular weight excluding hydrogens is 306 g/mol. The summed E-state index contributed by atoms with van der Waals surface area (Å²) in [6, 6.07) is 0. The Balaban J connectivity index is 0. The summed E-state index contributed by atoms with van der Waals surface area (Å²) in [6.07, 6.45) is 12.5. The van der Waals surface area contributed by atoms with Gasteiger partial charge in [0, 0.05) is 14.2 Å². The molecule has 4 nitrogen and oxygen atoms in total. The van der Waals surface area contributed by atoms with E-state index < -0.39 is 7.82 Å². The fourth-order valence-corrected chi connectivity index (χ4v) is 2.80. The normalized spacial score (nSPS) is 12.0. The Morgan fingerprint density at radius 1 is 0.905 bits per heavy atom. The average Bonchev–Trinajstić information content (AvgIpc) is 2.50. The van der Waals surface area contributed by atoms with Crippen molar-refractivity contribution in [3.63, 3.8) is 0 Å². The number of hydrogen-bond donors (Lipinski definition) is 1. The van der Waals surface area contributed by atoms with E-state index in [1.165, 1.54) is 57.8 Å². The van der Waals surface area contributed by atoms with Gasteiger partial charge >= 0.3 is 7.82 Å². The van der Waals surface area contributed by atoms with Crippen LogP contribution in [0.15, 0.2) is 0 Å². The first-order chi connectivity index (χ1) is 9.80. The minimum Gasteiger partial charge on any atom is -0.303 e. The van der Waals surface area contributed by atoms with Crippen molar-refractivity contribution < 1.29 is 18.5 Å². The molecule has 0 fully saturated rings. The van der Waals surface area contributed by atoms with E-state index in [2.05, 4.69) is 39.1 Å². The van der Waals surface area contributed by atoms with E-state index in [9.17, 15) is 4.57 Å². The Bertz CT molecular complexity index is 243. The van der Waals surface area contributed by atoms with E-state index in [-0.39, 0.29) is 0 Å². The maximum atomic E-state index is 10.1. The van der Waals surface area contributed by atoms with Gasteiger partial charge in [-0.25, -0.2) is 4.57 Å². The lowest BCUT2D eigenvalue weighted by atomic mass is 9.90. The van der Waals surface area contributed by atoms with Crippen LogP contribution in [0.2, 0.25) is 0 Å². The zero-order valence-corrected chi connectivity index (χ0v) is 16.6. The molecule has 0 saturated carbocycles. The van der Waals surface area contributed by atoms with Gasteiger partial charge in [0.25, 0.3) is 0 Å². The predicted molar refractivity (Wildman–Crippen MR) is 94.9 cm³/mol. The van der Waals surface area contributed by atoms with Gasteiger partial charge < -0.3 is 4.89 Å². The first-order valence-electron chi connectivity index (χ1n) is 8.03. The van der Waals surface area contributed by atoms with Gasteiger partial charge in [0.1, 0.15) is 0 Å². The smallest absolute Gasteiger partial charge is 0.303 e. The molecule has 0 aromatic heterocycles. The third kappa shape index (κ3) is 15.2. The van der Waals surface area contributed by atoms with Gasteiger partial charge in [0.2, 0.25) is 0 Å². The van der Waals surface area contributed by atoms with E-state index in [1.807, 2.05) is 0 Å². The summed E-state index contributed by atoms with van der Waals surface area (Å²) in [7, 11) is 1.71. The van der Waals surface area contributed by atoms with Crippen LogP contribution in [0.3, 0.4) is 0 Å². The monoisotopic (exact) mass is 342 g/mol. The zero-order chi connectivity index (χ0) is 16.8. The Labute approximate surface area is 134 Å². The summed E-state index contributed by atoms with van der Waals surface area (Å²) in [5, 5.41) is 0.571. The van der Waals surface area contributed by atoms with Crippen LogP contribution in [-0.4, -0.2) is 24.3 Å². The van der Waals surface area contributed by atoms with E-state index >= 15 is 0 Å². The number of phosphoric acid groups is 1. The van der Waals surface area contributed by atoms with Crippen molar-refractivity contribution in [3.8, 4) is 0 Å². The number of phosphoric ester groups is 1. The van der Waals surface area contributed by atoms with Crippen LogP contribution < -0.4 is 0 Å². The highest BCUT2D eigenvalue weighted by Gasteiger charge is 2.22. The van der Waals surface area contributed by atoms with Crippen LogP contribution in [0.25, 0.3) is 0 Å². The molecule has 0 aliphatic heterocycles. The molecule has 0 rings (SSSR count). The third-order valence-corrected chi connectivity index (χ3v) is 5.34. The van der Waals surface area contributed by atoms with Gasteiger partial charge in [0.15, 0.2) is 0 Å². The zero-order valence-electron chi connectivity index (χ0n) is 14.6. The average molecular weight is 342 g/mol. The molecule has 0 bridgehead atoms. The molecule has 0 aromatic carbocycles. The Morgan fingerprint density at radius 2 is 1.19 bits per heavy atom. The lowest BCUT2D eigenvalue weighted by Crippen LogP contribution is -2.20. The second kappa shape index (κ2) is 14.2. The molecule has 0 saturated heterocycles. The quantitative estimate of drug-likeness (QED) is 0.500. The molecule has 6 heteroatoms. The van der Waals surface area contributed by atoms with E-state index in [0.717, 1.165) is 14.2 Å². The van der Waals surface area contributed by atoms with Crippen LogP contribution in [0.4, 0.5) is 0 Å². The summed E-state index contributed by atoms with van der Waals surface area (Å²) in [4.78, 5) is 8.24. The maximum absolute atomic E-state index is 10.1. The van der Waals surface area contributed by atoms with Crippen molar-refractivity contribution in [3.05, 3.63) is 0 Å². The molecule has 21 heavy (non-hydrogen) atoms. The molecule has 130 valence electrons. The second-order valence-corrected chi connectivity index (χ2v) is 8.40. The van der Waals surface area contributed by atoms with Crippen molar-refractivity contribution in [2.24, 2.45) is 0 Å². The van der Waals surface area contributed by atoms with Crippen LogP contribution >= 0.6 is 17.1 Å². The third-order valence-electron chi connectivity index (χ3n) is 3.55. The van der Waals surface area contributed by atoms with Gasteiger partial charge in [-0.3, -0.25) is 9.05 Å². The lowest BCUT2D eigenvalue weighted by Gasteiger charge is -2.29. The first-order valence-corrected chi connectivity index (χ1v) is 10.1. The summed E-state index contributed by atoms with van der Waals surface area (Å²) < 4.78 is 18.0. The van der Waals surface area contributed by atoms with Gasteiger partial charge in [-0.15, -0.1) is 9.24 Å². The summed E-state index contributed by atoms with van der Waals surface area (Å²) >= 11 is 0. The highest BCUT2D eigenvalue weighted by atomic mass is 31.2. The highest BCUT2D eigenvalue weighted by Crippen LogP contribution is 2.40. The predicted octanol–water partition coefficient (Wildman–Crippen LogP) is 5.55. The molecule has 1 atom stereocenters. The molecule has 0 spiro atoms. The van der Waals surface area contributed by atoms with Crippen LogP contribution in [0.5, 0.6) is 0 Å². The van der Waals surface area contributed by atoms with Crippen molar-refractivity contribution in [2.45, 2.75) is 83.7 Å². The van der Waals surface area contributed by atoms with Crippen molar-refractivity contribution in [1.29, 1.82) is 0 Å². The van der Waals surface area contributed by atoms with Crippen LogP contribution in [-0.2, 0) is 13.6 Å². The number of hydrogen-bond acceptors (Lipinski definition) is 3. The topological polar surface area (TPSA) is 55.8 Å².